The topological polar surface area (TPSA) is 46.3 Å². The fourth-order valence-electron chi connectivity index (χ4n) is 3.58. The molecule has 3 rings (SSSR count). The molecule has 1 aromatic rings. The highest BCUT2D eigenvalue weighted by atomic mass is 19.1. The third-order valence-corrected chi connectivity index (χ3v) is 4.29. The largest absolute Gasteiger partial charge is 0.338 e. The lowest BCUT2D eigenvalue weighted by atomic mass is 9.75. The highest BCUT2D eigenvalue weighted by Gasteiger charge is 2.36. The number of rotatable bonds is 1. The van der Waals surface area contributed by atoms with Gasteiger partial charge < -0.3 is 10.6 Å². The number of fused-ring (bicyclic) bond motifs is 2. The van der Waals surface area contributed by atoms with Crippen molar-refractivity contribution in [2.24, 2.45) is 17.6 Å². The summed E-state index contributed by atoms with van der Waals surface area (Å²) in [5.41, 5.74) is 6.21. The van der Waals surface area contributed by atoms with Crippen molar-refractivity contribution in [3.8, 4) is 0 Å². The standard InChI is InChI=1S/C15H19FN2O/c16-14-4-2-1-3-13(14)15(19)18-8-10-5-11(9-18)7-12(17)6-10/h1-4,10-12H,5-9,17H2. The maximum Gasteiger partial charge on any atom is 0.256 e. The second-order valence-corrected chi connectivity index (χ2v) is 5.89. The van der Waals surface area contributed by atoms with Crippen LogP contribution < -0.4 is 5.73 Å². The van der Waals surface area contributed by atoms with E-state index >= 15 is 0 Å². The summed E-state index contributed by atoms with van der Waals surface area (Å²) in [7, 11) is 0. The maximum atomic E-state index is 13.7. The van der Waals surface area contributed by atoms with Crippen molar-refractivity contribution in [3.63, 3.8) is 0 Å². The molecule has 1 aliphatic heterocycles. The second kappa shape index (κ2) is 4.93. The van der Waals surface area contributed by atoms with Gasteiger partial charge in [-0.3, -0.25) is 4.79 Å². The van der Waals surface area contributed by atoms with E-state index in [1.54, 1.807) is 18.2 Å². The molecule has 2 bridgehead atoms. The van der Waals surface area contributed by atoms with E-state index in [0.717, 1.165) is 32.4 Å². The fraction of sp³-hybridized carbons (Fsp3) is 0.533. The van der Waals surface area contributed by atoms with Crippen LogP contribution in [0.15, 0.2) is 24.3 Å². The molecule has 1 saturated carbocycles. The molecule has 1 amide bonds. The van der Waals surface area contributed by atoms with Crippen LogP contribution >= 0.6 is 0 Å². The first-order valence-corrected chi connectivity index (χ1v) is 6.93. The van der Waals surface area contributed by atoms with E-state index < -0.39 is 5.82 Å². The predicted octanol–water partition coefficient (Wildman–Crippen LogP) is 2.03. The lowest BCUT2D eigenvalue weighted by Crippen LogP contribution is -2.49. The zero-order valence-corrected chi connectivity index (χ0v) is 10.9. The Balaban J connectivity index is 1.77. The van der Waals surface area contributed by atoms with Gasteiger partial charge in [0.15, 0.2) is 0 Å². The molecular formula is C15H19FN2O. The van der Waals surface area contributed by atoms with Gasteiger partial charge in [-0.1, -0.05) is 12.1 Å². The predicted molar refractivity (Wildman–Crippen MR) is 71.1 cm³/mol. The summed E-state index contributed by atoms with van der Waals surface area (Å²) in [6, 6.07) is 6.49. The number of hydrogen-bond donors (Lipinski definition) is 1. The van der Waals surface area contributed by atoms with E-state index in [2.05, 4.69) is 0 Å². The van der Waals surface area contributed by atoms with Gasteiger partial charge in [0.05, 0.1) is 5.56 Å². The smallest absolute Gasteiger partial charge is 0.256 e. The molecule has 2 N–H and O–H groups in total. The lowest BCUT2D eigenvalue weighted by Gasteiger charge is -2.43. The van der Waals surface area contributed by atoms with Gasteiger partial charge >= 0.3 is 0 Å². The van der Waals surface area contributed by atoms with Crippen LogP contribution in [-0.2, 0) is 0 Å². The summed E-state index contributed by atoms with van der Waals surface area (Å²) in [5, 5.41) is 0. The fourth-order valence-corrected chi connectivity index (χ4v) is 3.58. The first-order valence-electron chi connectivity index (χ1n) is 6.93. The Morgan fingerprint density at radius 3 is 2.42 bits per heavy atom. The SMILES string of the molecule is NC1CC2CC(C1)CN(C(=O)c1ccccc1F)C2. The molecule has 102 valence electrons. The molecule has 2 fully saturated rings. The normalized spacial score (nSPS) is 30.2. The van der Waals surface area contributed by atoms with Gasteiger partial charge in [-0.05, 0) is 43.2 Å². The van der Waals surface area contributed by atoms with Gasteiger partial charge in [0.25, 0.3) is 5.91 Å². The van der Waals surface area contributed by atoms with Crippen LogP contribution in [-0.4, -0.2) is 29.9 Å². The third kappa shape index (κ3) is 2.50. The van der Waals surface area contributed by atoms with E-state index in [9.17, 15) is 9.18 Å². The number of carbonyl (C=O) groups is 1. The van der Waals surface area contributed by atoms with Crippen molar-refractivity contribution in [2.75, 3.05) is 13.1 Å². The number of hydrogen-bond acceptors (Lipinski definition) is 2. The van der Waals surface area contributed by atoms with Crippen molar-refractivity contribution in [2.45, 2.75) is 25.3 Å². The van der Waals surface area contributed by atoms with Gasteiger partial charge in [0.1, 0.15) is 5.82 Å². The third-order valence-electron chi connectivity index (χ3n) is 4.29. The van der Waals surface area contributed by atoms with E-state index in [1.165, 1.54) is 6.07 Å². The number of amides is 1. The number of piperidine rings is 1. The summed E-state index contributed by atoms with van der Waals surface area (Å²) >= 11 is 0. The van der Waals surface area contributed by atoms with Crippen LogP contribution in [0.25, 0.3) is 0 Å². The number of halogens is 1. The quantitative estimate of drug-likeness (QED) is 0.841. The van der Waals surface area contributed by atoms with E-state index in [-0.39, 0.29) is 17.5 Å². The van der Waals surface area contributed by atoms with Crippen LogP contribution in [0.3, 0.4) is 0 Å². The zero-order chi connectivity index (χ0) is 13.4. The number of carbonyl (C=O) groups excluding carboxylic acids is 1. The number of likely N-dealkylation sites (tertiary alicyclic amines) is 1. The molecule has 19 heavy (non-hydrogen) atoms. The van der Waals surface area contributed by atoms with Crippen LogP contribution in [0.1, 0.15) is 29.6 Å². The Hall–Kier alpha value is -1.42. The molecule has 1 aliphatic carbocycles. The Morgan fingerprint density at radius 1 is 1.16 bits per heavy atom. The first kappa shape index (κ1) is 12.6. The van der Waals surface area contributed by atoms with Gasteiger partial charge in [-0.2, -0.15) is 0 Å². The number of benzene rings is 1. The molecule has 1 saturated heterocycles. The van der Waals surface area contributed by atoms with Crippen molar-refractivity contribution < 1.29 is 9.18 Å². The average molecular weight is 262 g/mol. The van der Waals surface area contributed by atoms with Crippen LogP contribution in [0.5, 0.6) is 0 Å². The van der Waals surface area contributed by atoms with E-state index in [4.69, 9.17) is 5.73 Å². The van der Waals surface area contributed by atoms with E-state index in [1.807, 2.05) is 4.90 Å². The monoisotopic (exact) mass is 262 g/mol. The van der Waals surface area contributed by atoms with Crippen LogP contribution in [0.2, 0.25) is 0 Å². The molecule has 2 unspecified atom stereocenters. The van der Waals surface area contributed by atoms with E-state index in [0.29, 0.717) is 11.8 Å². The van der Waals surface area contributed by atoms with Crippen molar-refractivity contribution in [3.05, 3.63) is 35.6 Å². The van der Waals surface area contributed by atoms with Crippen molar-refractivity contribution >= 4 is 5.91 Å². The molecule has 2 aliphatic rings. The van der Waals surface area contributed by atoms with Crippen molar-refractivity contribution in [1.29, 1.82) is 0 Å². The van der Waals surface area contributed by atoms with Gasteiger partial charge in [0, 0.05) is 19.1 Å². The number of nitrogens with zero attached hydrogens (tertiary/aromatic N) is 1. The Morgan fingerprint density at radius 2 is 1.79 bits per heavy atom. The average Bonchev–Trinajstić information content (AvgIpc) is 2.37. The van der Waals surface area contributed by atoms with Gasteiger partial charge in [-0.25, -0.2) is 4.39 Å². The molecule has 0 aromatic heterocycles. The van der Waals surface area contributed by atoms with Crippen LogP contribution in [0, 0.1) is 17.7 Å². The van der Waals surface area contributed by atoms with Gasteiger partial charge in [-0.15, -0.1) is 0 Å². The minimum atomic E-state index is -0.431. The summed E-state index contributed by atoms with van der Waals surface area (Å²) in [5.74, 6) is 0.361. The minimum absolute atomic E-state index is 0.178. The zero-order valence-electron chi connectivity index (χ0n) is 10.9. The molecule has 1 aromatic carbocycles. The Labute approximate surface area is 112 Å². The highest BCUT2D eigenvalue weighted by Crippen LogP contribution is 2.34. The summed E-state index contributed by atoms with van der Waals surface area (Å²) in [6.07, 6.45) is 3.13. The first-order chi connectivity index (χ1) is 9.13. The van der Waals surface area contributed by atoms with Gasteiger partial charge in [0.2, 0.25) is 0 Å². The summed E-state index contributed by atoms with van der Waals surface area (Å²) < 4.78 is 13.7. The summed E-state index contributed by atoms with van der Waals surface area (Å²) in [6.45, 7) is 1.44. The molecule has 1 heterocycles. The molecule has 0 radical (unpaired) electrons. The summed E-state index contributed by atoms with van der Waals surface area (Å²) in [4.78, 5) is 14.2. The molecule has 3 nitrogen and oxygen atoms in total. The minimum Gasteiger partial charge on any atom is -0.338 e. The molecular weight excluding hydrogens is 243 g/mol. The second-order valence-electron chi connectivity index (χ2n) is 5.89. The Kier molecular flexibility index (Phi) is 3.27. The Bertz CT molecular complexity index is 473. The van der Waals surface area contributed by atoms with Crippen LogP contribution in [0.4, 0.5) is 4.39 Å². The highest BCUT2D eigenvalue weighted by molar-refractivity contribution is 5.94. The van der Waals surface area contributed by atoms with Crippen molar-refractivity contribution in [1.82, 2.24) is 4.90 Å². The molecule has 2 atom stereocenters. The number of nitrogens with two attached hydrogens (primary N) is 1. The lowest BCUT2D eigenvalue weighted by molar-refractivity contribution is 0.0471. The molecule has 0 spiro atoms. The maximum absolute atomic E-state index is 13.7. The molecule has 4 heteroatoms.